The van der Waals surface area contributed by atoms with Crippen molar-refractivity contribution in [2.24, 2.45) is 0 Å². The van der Waals surface area contributed by atoms with Gasteiger partial charge in [0.25, 0.3) is 5.91 Å². The van der Waals surface area contributed by atoms with Gasteiger partial charge in [0.05, 0.1) is 6.61 Å². The maximum absolute atomic E-state index is 11.8. The number of hydrogen-bond acceptors (Lipinski definition) is 5. The molecule has 6 heteroatoms. The number of thiazole rings is 1. The first-order valence-electron chi connectivity index (χ1n) is 8.33. The average molecular weight is 348 g/mol. The lowest BCUT2D eigenvalue weighted by atomic mass is 10.2. The van der Waals surface area contributed by atoms with Crippen molar-refractivity contribution in [2.45, 2.75) is 39.0 Å². The Morgan fingerprint density at radius 2 is 1.96 bits per heavy atom. The number of carbonyl (C=O) groups is 1. The highest BCUT2D eigenvalue weighted by molar-refractivity contribution is 7.13. The lowest BCUT2D eigenvalue weighted by Gasteiger charge is -2.09. The lowest BCUT2D eigenvalue weighted by molar-refractivity contribution is -0.118. The molecule has 0 bridgehead atoms. The first-order valence-corrected chi connectivity index (χ1v) is 9.21. The molecule has 0 fully saturated rings. The van der Waals surface area contributed by atoms with Crippen LogP contribution in [0.1, 0.15) is 39.0 Å². The third-order valence-corrected chi connectivity index (χ3v) is 4.06. The molecule has 0 aliphatic heterocycles. The van der Waals surface area contributed by atoms with E-state index in [-0.39, 0.29) is 12.5 Å². The molecule has 1 aromatic carbocycles. The van der Waals surface area contributed by atoms with Gasteiger partial charge in [0, 0.05) is 17.6 Å². The molecule has 1 aromatic heterocycles. The van der Waals surface area contributed by atoms with Gasteiger partial charge in [-0.1, -0.05) is 38.7 Å². The molecule has 0 radical (unpaired) electrons. The number of nitrogens with one attached hydrogen (secondary N) is 1. The summed E-state index contributed by atoms with van der Waals surface area (Å²) in [6, 6.07) is 7.38. The Morgan fingerprint density at radius 3 is 2.71 bits per heavy atom. The van der Waals surface area contributed by atoms with Crippen LogP contribution in [0.4, 0.5) is 5.13 Å². The molecule has 130 valence electrons. The summed E-state index contributed by atoms with van der Waals surface area (Å²) in [5.41, 5.74) is 0. The summed E-state index contributed by atoms with van der Waals surface area (Å²) in [5.74, 6) is 1.16. The van der Waals surface area contributed by atoms with Crippen LogP contribution in [0.25, 0.3) is 0 Å². The van der Waals surface area contributed by atoms with E-state index in [4.69, 9.17) is 9.47 Å². The second-order valence-corrected chi connectivity index (χ2v) is 6.31. The Kier molecular flexibility index (Phi) is 8.10. The molecule has 0 saturated heterocycles. The molecule has 0 saturated carbocycles. The van der Waals surface area contributed by atoms with Gasteiger partial charge in [0.2, 0.25) is 0 Å². The number of unbranched alkanes of at least 4 members (excludes halogenated alkanes) is 4. The zero-order chi connectivity index (χ0) is 17.0. The second kappa shape index (κ2) is 10.6. The van der Waals surface area contributed by atoms with Crippen LogP contribution in [0.5, 0.6) is 11.5 Å². The van der Waals surface area contributed by atoms with Crippen LogP contribution in [-0.2, 0) is 4.79 Å². The zero-order valence-electron chi connectivity index (χ0n) is 14.0. The van der Waals surface area contributed by atoms with Crippen LogP contribution in [0.3, 0.4) is 0 Å². The largest absolute Gasteiger partial charge is 0.493 e. The van der Waals surface area contributed by atoms with Crippen molar-refractivity contribution in [3.63, 3.8) is 0 Å². The van der Waals surface area contributed by atoms with Gasteiger partial charge in [-0.2, -0.15) is 0 Å². The number of benzene rings is 1. The molecule has 0 spiro atoms. The average Bonchev–Trinajstić information content (AvgIpc) is 3.09. The number of hydrogen-bond donors (Lipinski definition) is 1. The van der Waals surface area contributed by atoms with Crippen molar-refractivity contribution in [2.75, 3.05) is 18.5 Å². The van der Waals surface area contributed by atoms with Crippen LogP contribution in [0, 0.1) is 0 Å². The molecule has 5 nitrogen and oxygen atoms in total. The van der Waals surface area contributed by atoms with E-state index >= 15 is 0 Å². The van der Waals surface area contributed by atoms with E-state index in [1.165, 1.54) is 37.0 Å². The minimum absolute atomic E-state index is 0.0555. The van der Waals surface area contributed by atoms with Gasteiger partial charge in [-0.3, -0.25) is 10.1 Å². The summed E-state index contributed by atoms with van der Waals surface area (Å²) in [4.78, 5) is 15.8. The fourth-order valence-corrected chi connectivity index (χ4v) is 2.68. The first-order chi connectivity index (χ1) is 11.8. The summed E-state index contributed by atoms with van der Waals surface area (Å²) in [6.45, 7) is 2.86. The van der Waals surface area contributed by atoms with Crippen molar-refractivity contribution in [3.05, 3.63) is 35.8 Å². The van der Waals surface area contributed by atoms with Gasteiger partial charge in [0.15, 0.2) is 11.7 Å². The predicted octanol–water partition coefficient (Wildman–Crippen LogP) is 4.51. The Balaban J connectivity index is 1.69. The molecular weight excluding hydrogens is 324 g/mol. The van der Waals surface area contributed by atoms with E-state index in [0.29, 0.717) is 17.5 Å². The maximum atomic E-state index is 11.8. The van der Waals surface area contributed by atoms with Crippen molar-refractivity contribution in [1.82, 2.24) is 4.98 Å². The molecule has 0 aliphatic carbocycles. The van der Waals surface area contributed by atoms with E-state index in [0.717, 1.165) is 12.2 Å². The normalized spacial score (nSPS) is 10.4. The summed E-state index contributed by atoms with van der Waals surface area (Å²) in [5, 5.41) is 5.06. The molecule has 24 heavy (non-hydrogen) atoms. The highest BCUT2D eigenvalue weighted by Gasteiger charge is 2.06. The van der Waals surface area contributed by atoms with Gasteiger partial charge in [-0.15, -0.1) is 11.3 Å². The second-order valence-electron chi connectivity index (χ2n) is 5.41. The number of ether oxygens (including phenoxy) is 2. The van der Waals surface area contributed by atoms with Gasteiger partial charge < -0.3 is 9.47 Å². The molecule has 1 N–H and O–H groups in total. The monoisotopic (exact) mass is 348 g/mol. The Bertz CT molecular complexity index is 602. The smallest absolute Gasteiger partial charge is 0.264 e. The van der Waals surface area contributed by atoms with Crippen LogP contribution in [-0.4, -0.2) is 24.1 Å². The summed E-state index contributed by atoms with van der Waals surface area (Å²) < 4.78 is 11.2. The van der Waals surface area contributed by atoms with Gasteiger partial charge in [-0.25, -0.2) is 4.98 Å². The number of aromatic nitrogens is 1. The number of rotatable bonds is 11. The van der Waals surface area contributed by atoms with Gasteiger partial charge in [0.1, 0.15) is 11.5 Å². The first kappa shape index (κ1) is 18.3. The van der Waals surface area contributed by atoms with Gasteiger partial charge >= 0.3 is 0 Å². The van der Waals surface area contributed by atoms with Crippen molar-refractivity contribution in [3.8, 4) is 11.5 Å². The third-order valence-electron chi connectivity index (χ3n) is 3.37. The lowest BCUT2D eigenvalue weighted by Crippen LogP contribution is -2.19. The number of carbonyl (C=O) groups excluding carboxylic acids is 1. The summed E-state index contributed by atoms with van der Waals surface area (Å²) in [6.07, 6.45) is 7.69. The highest BCUT2D eigenvalue weighted by atomic mass is 32.1. The minimum atomic E-state index is -0.229. The third kappa shape index (κ3) is 7.00. The van der Waals surface area contributed by atoms with Crippen LogP contribution >= 0.6 is 11.3 Å². The van der Waals surface area contributed by atoms with E-state index < -0.39 is 0 Å². The van der Waals surface area contributed by atoms with E-state index in [2.05, 4.69) is 17.2 Å². The van der Waals surface area contributed by atoms with Crippen molar-refractivity contribution < 1.29 is 14.3 Å². The van der Waals surface area contributed by atoms with Crippen LogP contribution in [0.15, 0.2) is 35.8 Å². The van der Waals surface area contributed by atoms with Crippen molar-refractivity contribution >= 4 is 22.4 Å². The molecule has 2 rings (SSSR count). The van der Waals surface area contributed by atoms with Crippen molar-refractivity contribution in [1.29, 1.82) is 0 Å². The topological polar surface area (TPSA) is 60.5 Å². The fourth-order valence-electron chi connectivity index (χ4n) is 2.14. The quantitative estimate of drug-likeness (QED) is 0.607. The summed E-state index contributed by atoms with van der Waals surface area (Å²) in [7, 11) is 0. The number of nitrogens with zero attached hydrogens (tertiary/aromatic N) is 1. The number of anilines is 1. The molecule has 0 unspecified atom stereocenters. The highest BCUT2D eigenvalue weighted by Crippen LogP contribution is 2.20. The molecule has 1 heterocycles. The standard InChI is InChI=1S/C18H24N2O3S/c1-2-3-4-5-6-11-22-15-8-7-9-16(13-15)23-14-17(21)20-18-19-10-12-24-18/h7-10,12-13H,2-6,11,14H2,1H3,(H,19,20,21). The minimum Gasteiger partial charge on any atom is -0.493 e. The van der Waals surface area contributed by atoms with E-state index in [1.807, 2.05) is 24.3 Å². The molecule has 0 aliphatic rings. The number of amides is 1. The van der Waals surface area contributed by atoms with E-state index in [1.54, 1.807) is 11.6 Å². The maximum Gasteiger partial charge on any atom is 0.264 e. The molecule has 1 amide bonds. The molecule has 2 aromatic rings. The summed E-state index contributed by atoms with van der Waals surface area (Å²) >= 11 is 1.37. The Morgan fingerprint density at radius 1 is 1.17 bits per heavy atom. The SMILES string of the molecule is CCCCCCCOc1cccc(OCC(=O)Nc2nccs2)c1. The zero-order valence-corrected chi connectivity index (χ0v) is 14.8. The molecule has 0 atom stereocenters. The fraction of sp³-hybridized carbons (Fsp3) is 0.444. The van der Waals surface area contributed by atoms with Crippen LogP contribution in [0.2, 0.25) is 0 Å². The Labute approximate surface area is 147 Å². The van der Waals surface area contributed by atoms with Gasteiger partial charge in [-0.05, 0) is 18.6 Å². The van der Waals surface area contributed by atoms with Crippen LogP contribution < -0.4 is 14.8 Å². The van der Waals surface area contributed by atoms with E-state index in [9.17, 15) is 4.79 Å². The predicted molar refractivity (Wildman–Crippen MR) is 96.9 cm³/mol. The molecular formula is C18H24N2O3S. The Hall–Kier alpha value is -2.08.